The minimum absolute atomic E-state index is 0.210. The van der Waals surface area contributed by atoms with E-state index in [4.69, 9.17) is 0 Å². The van der Waals surface area contributed by atoms with Crippen LogP contribution in [0.5, 0.6) is 0 Å². The van der Waals surface area contributed by atoms with E-state index in [9.17, 15) is 16.8 Å². The Morgan fingerprint density at radius 1 is 0.720 bits per heavy atom. The summed E-state index contributed by atoms with van der Waals surface area (Å²) in [6, 6.07) is 16.4. The van der Waals surface area contributed by atoms with Gasteiger partial charge in [-0.1, -0.05) is 42.5 Å². The standard InChI is InChI=1S/C17H22N2O4S2/c1-24(20,21)18-13-5-6-14-19-25(22,23)17-11-9-16(10-12-17)15-7-3-2-4-8-15/h2-4,7-12,18-19H,5-6,13-14H2,1H3. The molecule has 0 aliphatic rings. The van der Waals surface area contributed by atoms with E-state index in [0.717, 1.165) is 17.4 Å². The molecule has 0 heterocycles. The van der Waals surface area contributed by atoms with Gasteiger partial charge in [-0.2, -0.15) is 0 Å². The van der Waals surface area contributed by atoms with Crippen molar-refractivity contribution in [3.8, 4) is 11.1 Å². The molecule has 0 bridgehead atoms. The van der Waals surface area contributed by atoms with Crippen LogP contribution >= 0.6 is 0 Å². The van der Waals surface area contributed by atoms with Crippen molar-refractivity contribution < 1.29 is 16.8 Å². The Balaban J connectivity index is 1.87. The molecule has 136 valence electrons. The van der Waals surface area contributed by atoms with Gasteiger partial charge in [-0.15, -0.1) is 0 Å². The molecule has 0 aliphatic heterocycles. The predicted octanol–water partition coefficient (Wildman–Crippen LogP) is 1.96. The van der Waals surface area contributed by atoms with Crippen LogP contribution < -0.4 is 9.44 Å². The van der Waals surface area contributed by atoms with Crippen LogP contribution in [-0.2, 0) is 20.0 Å². The van der Waals surface area contributed by atoms with E-state index in [1.165, 1.54) is 0 Å². The monoisotopic (exact) mass is 382 g/mol. The fourth-order valence-corrected chi connectivity index (χ4v) is 3.84. The first kappa shape index (κ1) is 19.6. The van der Waals surface area contributed by atoms with Gasteiger partial charge in [0.15, 0.2) is 0 Å². The molecule has 2 rings (SSSR count). The minimum Gasteiger partial charge on any atom is -0.215 e. The smallest absolute Gasteiger partial charge is 0.215 e. The average molecular weight is 383 g/mol. The van der Waals surface area contributed by atoms with Gasteiger partial charge in [0.1, 0.15) is 0 Å². The molecule has 0 radical (unpaired) electrons. The first-order valence-electron chi connectivity index (χ1n) is 7.88. The summed E-state index contributed by atoms with van der Waals surface area (Å²) in [5.74, 6) is 0. The molecule has 0 aliphatic carbocycles. The molecule has 8 heteroatoms. The lowest BCUT2D eigenvalue weighted by molar-refractivity contribution is 0.570. The molecule has 0 fully saturated rings. The number of sulfonamides is 2. The quantitative estimate of drug-likeness (QED) is 0.649. The highest BCUT2D eigenvalue weighted by Gasteiger charge is 2.13. The zero-order valence-electron chi connectivity index (χ0n) is 14.0. The van der Waals surface area contributed by atoms with Gasteiger partial charge in [0.25, 0.3) is 0 Å². The number of nitrogens with one attached hydrogen (secondary N) is 2. The fraction of sp³-hybridized carbons (Fsp3) is 0.294. The van der Waals surface area contributed by atoms with Gasteiger partial charge >= 0.3 is 0 Å². The van der Waals surface area contributed by atoms with Gasteiger partial charge in [-0.25, -0.2) is 26.3 Å². The number of unbranched alkanes of at least 4 members (excludes halogenated alkanes) is 1. The van der Waals surface area contributed by atoms with Crippen LogP contribution in [0.15, 0.2) is 59.5 Å². The van der Waals surface area contributed by atoms with Gasteiger partial charge in [-0.3, -0.25) is 0 Å². The first-order valence-corrected chi connectivity index (χ1v) is 11.3. The van der Waals surface area contributed by atoms with Gasteiger partial charge in [0.05, 0.1) is 11.2 Å². The third-order valence-corrected chi connectivity index (χ3v) is 5.74. The first-order chi connectivity index (χ1) is 11.8. The Hall–Kier alpha value is -1.74. The maximum Gasteiger partial charge on any atom is 0.240 e. The number of benzene rings is 2. The van der Waals surface area contributed by atoms with Crippen LogP contribution in [0.3, 0.4) is 0 Å². The van der Waals surface area contributed by atoms with E-state index in [1.54, 1.807) is 24.3 Å². The van der Waals surface area contributed by atoms with Crippen LogP contribution in [0.2, 0.25) is 0 Å². The van der Waals surface area contributed by atoms with Crippen LogP contribution in [0.1, 0.15) is 12.8 Å². The lowest BCUT2D eigenvalue weighted by atomic mass is 10.1. The summed E-state index contributed by atoms with van der Waals surface area (Å²) in [6.45, 7) is 0.556. The fourth-order valence-electron chi connectivity index (χ4n) is 2.25. The highest BCUT2D eigenvalue weighted by atomic mass is 32.2. The molecule has 0 saturated heterocycles. The zero-order valence-corrected chi connectivity index (χ0v) is 15.6. The van der Waals surface area contributed by atoms with Crippen LogP contribution in [0.4, 0.5) is 0 Å². The zero-order chi connectivity index (χ0) is 18.3. The van der Waals surface area contributed by atoms with E-state index in [2.05, 4.69) is 9.44 Å². The molecule has 0 saturated carbocycles. The normalized spacial score (nSPS) is 12.2. The minimum atomic E-state index is -3.56. The largest absolute Gasteiger partial charge is 0.240 e. The number of hydrogen-bond acceptors (Lipinski definition) is 4. The number of hydrogen-bond donors (Lipinski definition) is 2. The second-order valence-corrected chi connectivity index (χ2v) is 9.26. The summed E-state index contributed by atoms with van der Waals surface area (Å²) < 4.78 is 51.2. The van der Waals surface area contributed by atoms with Gasteiger partial charge < -0.3 is 0 Å². The van der Waals surface area contributed by atoms with Crippen molar-refractivity contribution in [2.45, 2.75) is 17.7 Å². The van der Waals surface area contributed by atoms with Crippen LogP contribution in [-0.4, -0.2) is 36.2 Å². The number of rotatable bonds is 9. The average Bonchev–Trinajstić information content (AvgIpc) is 2.58. The molecule has 0 aromatic heterocycles. The molecule has 2 N–H and O–H groups in total. The highest BCUT2D eigenvalue weighted by molar-refractivity contribution is 7.89. The summed E-state index contributed by atoms with van der Waals surface area (Å²) in [5.41, 5.74) is 1.98. The summed E-state index contributed by atoms with van der Waals surface area (Å²) >= 11 is 0. The molecule has 6 nitrogen and oxygen atoms in total. The van der Waals surface area contributed by atoms with E-state index in [0.29, 0.717) is 19.4 Å². The van der Waals surface area contributed by atoms with Gasteiger partial charge in [0, 0.05) is 13.1 Å². The van der Waals surface area contributed by atoms with Crippen LogP contribution in [0, 0.1) is 0 Å². The molecule has 0 unspecified atom stereocenters. The van der Waals surface area contributed by atoms with Crippen molar-refractivity contribution in [3.63, 3.8) is 0 Å². The Bertz CT molecular complexity index is 878. The summed E-state index contributed by atoms with van der Waals surface area (Å²) in [7, 11) is -6.76. The molecule has 2 aromatic rings. The van der Waals surface area contributed by atoms with Crippen molar-refractivity contribution in [1.29, 1.82) is 0 Å². The molecule has 0 spiro atoms. The lowest BCUT2D eigenvalue weighted by Gasteiger charge is -2.08. The maximum atomic E-state index is 12.2. The molecule has 25 heavy (non-hydrogen) atoms. The van der Waals surface area contributed by atoms with Crippen LogP contribution in [0.25, 0.3) is 11.1 Å². The third kappa shape index (κ3) is 6.58. The molecule has 2 aromatic carbocycles. The van der Waals surface area contributed by atoms with Crippen molar-refractivity contribution in [1.82, 2.24) is 9.44 Å². The molecular weight excluding hydrogens is 360 g/mol. The van der Waals surface area contributed by atoms with Gasteiger partial charge in [0.2, 0.25) is 20.0 Å². The summed E-state index contributed by atoms with van der Waals surface area (Å²) in [4.78, 5) is 0.210. The maximum absolute atomic E-state index is 12.2. The topological polar surface area (TPSA) is 92.3 Å². The Labute approximate surface area is 149 Å². The Morgan fingerprint density at radius 3 is 1.80 bits per heavy atom. The molecule has 0 atom stereocenters. The SMILES string of the molecule is CS(=O)(=O)NCCCCNS(=O)(=O)c1ccc(-c2ccccc2)cc1. The lowest BCUT2D eigenvalue weighted by Crippen LogP contribution is -2.27. The van der Waals surface area contributed by atoms with Crippen molar-refractivity contribution in [2.75, 3.05) is 19.3 Å². The van der Waals surface area contributed by atoms with E-state index in [1.807, 2.05) is 30.3 Å². The second-order valence-electron chi connectivity index (χ2n) is 5.66. The van der Waals surface area contributed by atoms with E-state index >= 15 is 0 Å². The van der Waals surface area contributed by atoms with E-state index in [-0.39, 0.29) is 11.4 Å². The second kappa shape index (κ2) is 8.57. The van der Waals surface area contributed by atoms with E-state index < -0.39 is 20.0 Å². The van der Waals surface area contributed by atoms with Gasteiger partial charge in [-0.05, 0) is 36.1 Å². The summed E-state index contributed by atoms with van der Waals surface area (Å²) in [6.07, 6.45) is 2.20. The predicted molar refractivity (Wildman–Crippen MR) is 99.1 cm³/mol. The summed E-state index contributed by atoms with van der Waals surface area (Å²) in [5, 5.41) is 0. The van der Waals surface area contributed by atoms with Crippen molar-refractivity contribution in [2.24, 2.45) is 0 Å². The Morgan fingerprint density at radius 2 is 1.24 bits per heavy atom. The molecule has 0 amide bonds. The molecular formula is C17H22N2O4S2. The highest BCUT2D eigenvalue weighted by Crippen LogP contribution is 2.20. The third-order valence-electron chi connectivity index (χ3n) is 3.53. The Kier molecular flexibility index (Phi) is 6.71. The van der Waals surface area contributed by atoms with Crippen molar-refractivity contribution in [3.05, 3.63) is 54.6 Å². The van der Waals surface area contributed by atoms with Crippen molar-refractivity contribution >= 4 is 20.0 Å².